The Morgan fingerprint density at radius 3 is 2.49 bits per heavy atom. The maximum atomic E-state index is 12.5. The van der Waals surface area contributed by atoms with Gasteiger partial charge >= 0.3 is 0 Å². The zero-order valence-corrected chi connectivity index (χ0v) is 22.2. The molecule has 7 nitrogen and oxygen atoms in total. The highest BCUT2D eigenvalue weighted by atomic mass is 19.1. The van der Waals surface area contributed by atoms with Gasteiger partial charge in [-0.15, -0.1) is 5.10 Å². The maximum Gasteiger partial charge on any atom is 0.270 e. The number of aryl methyl sites for hydroxylation is 2. The minimum Gasteiger partial charge on any atom is -0.353 e. The number of carbonyl (C=O) groups excluding carboxylic acids is 1. The molecule has 37 heavy (non-hydrogen) atoms. The molecule has 5 rings (SSSR count). The van der Waals surface area contributed by atoms with Crippen molar-refractivity contribution in [1.29, 1.82) is 0 Å². The van der Waals surface area contributed by atoms with E-state index in [1.165, 1.54) is 17.7 Å². The lowest BCUT2D eigenvalue weighted by Gasteiger charge is -2.18. The van der Waals surface area contributed by atoms with Gasteiger partial charge in [-0.2, -0.15) is 0 Å². The van der Waals surface area contributed by atoms with Crippen LogP contribution in [0.5, 0.6) is 0 Å². The lowest BCUT2D eigenvalue weighted by atomic mass is 10.1. The number of benzene rings is 1. The summed E-state index contributed by atoms with van der Waals surface area (Å²) in [5, 5.41) is 7.79. The van der Waals surface area contributed by atoms with Crippen molar-refractivity contribution < 1.29 is 9.18 Å². The first-order chi connectivity index (χ1) is 18.0. The highest BCUT2D eigenvalue weighted by molar-refractivity contribution is 5.92. The van der Waals surface area contributed by atoms with Crippen molar-refractivity contribution in [2.45, 2.75) is 59.4 Å². The summed E-state index contributed by atoms with van der Waals surface area (Å²) in [6.45, 7) is 9.77. The fourth-order valence-electron chi connectivity index (χ4n) is 3.99. The Morgan fingerprint density at radius 2 is 1.84 bits per heavy atom. The van der Waals surface area contributed by atoms with Crippen LogP contribution in [-0.2, 0) is 6.42 Å². The van der Waals surface area contributed by atoms with Gasteiger partial charge in [0, 0.05) is 25.3 Å². The quantitative estimate of drug-likeness (QED) is 0.368. The lowest BCUT2D eigenvalue weighted by Crippen LogP contribution is -2.37. The second-order valence-corrected chi connectivity index (χ2v) is 8.72. The second kappa shape index (κ2) is 14.1. The van der Waals surface area contributed by atoms with Gasteiger partial charge in [0.25, 0.3) is 5.91 Å². The molecule has 0 aliphatic carbocycles. The fraction of sp³-hybridized carbons (Fsp3) is 0.379. The van der Waals surface area contributed by atoms with E-state index in [4.69, 9.17) is 0 Å². The summed E-state index contributed by atoms with van der Waals surface area (Å²) in [5.74, 6) is 0.619. The molecule has 1 N–H and O–H groups in total. The van der Waals surface area contributed by atoms with E-state index in [0.717, 1.165) is 55.9 Å². The normalized spacial score (nSPS) is 14.4. The molecule has 1 aliphatic rings. The number of unbranched alkanes of at least 4 members (excludes halogenated alkanes) is 1. The summed E-state index contributed by atoms with van der Waals surface area (Å²) < 4.78 is 13.8. The van der Waals surface area contributed by atoms with E-state index in [2.05, 4.69) is 32.2 Å². The van der Waals surface area contributed by atoms with Crippen LogP contribution >= 0.6 is 0 Å². The molecular formula is C29H37FN6O. The van der Waals surface area contributed by atoms with E-state index in [-0.39, 0.29) is 17.8 Å². The molecule has 196 valence electrons. The minimum absolute atomic E-state index is 0.0930. The van der Waals surface area contributed by atoms with Crippen molar-refractivity contribution in [1.82, 2.24) is 24.9 Å². The molecule has 0 bridgehead atoms. The van der Waals surface area contributed by atoms with E-state index in [1.807, 2.05) is 61.9 Å². The number of halogens is 1. The van der Waals surface area contributed by atoms with Crippen molar-refractivity contribution in [3.05, 3.63) is 89.8 Å². The molecule has 0 saturated carbocycles. The maximum absolute atomic E-state index is 12.5. The predicted molar refractivity (Wildman–Crippen MR) is 146 cm³/mol. The van der Waals surface area contributed by atoms with Gasteiger partial charge in [-0.25, -0.2) is 13.9 Å². The SMILES string of the molecule is CC.CCCCc1ccc(C(=O)N[C@H]2CCN(c3ccc4ncc(C)n4n3)C2)nc1.Fc1ccccc1. The number of imidazole rings is 1. The van der Waals surface area contributed by atoms with Crippen LogP contribution in [0.4, 0.5) is 10.2 Å². The number of fused-ring (bicyclic) bond motifs is 1. The summed E-state index contributed by atoms with van der Waals surface area (Å²) >= 11 is 0. The zero-order valence-electron chi connectivity index (χ0n) is 22.2. The molecule has 4 aromatic rings. The number of anilines is 1. The molecule has 1 fully saturated rings. The van der Waals surface area contributed by atoms with Gasteiger partial charge in [-0.05, 0) is 62.1 Å². The number of amides is 1. The standard InChI is InChI=1S/C21H26N6O.C6H5F.C2H6/c1-3-4-5-16-6-7-18(22-13-16)21(28)24-17-10-11-26(14-17)20-9-8-19-23-12-15(2)27(19)25-20;7-6-4-2-1-3-5-6;1-2/h6-9,12-13,17H,3-5,10-11,14H2,1-2H3,(H,24,28);1-5H;1-2H3/t17-;;/m0../s1. The van der Waals surface area contributed by atoms with E-state index in [9.17, 15) is 9.18 Å². The smallest absolute Gasteiger partial charge is 0.270 e. The number of nitrogens with one attached hydrogen (secondary N) is 1. The van der Waals surface area contributed by atoms with Crippen LogP contribution in [0.1, 0.15) is 61.8 Å². The summed E-state index contributed by atoms with van der Waals surface area (Å²) in [7, 11) is 0. The Morgan fingerprint density at radius 1 is 1.05 bits per heavy atom. The first-order valence-electron chi connectivity index (χ1n) is 13.1. The number of hydrogen-bond donors (Lipinski definition) is 1. The van der Waals surface area contributed by atoms with E-state index in [1.54, 1.807) is 18.2 Å². The Hall–Kier alpha value is -3.81. The van der Waals surface area contributed by atoms with Gasteiger partial charge < -0.3 is 10.2 Å². The Labute approximate surface area is 218 Å². The van der Waals surface area contributed by atoms with Gasteiger partial charge in [0.1, 0.15) is 17.3 Å². The number of nitrogens with zero attached hydrogens (tertiary/aromatic N) is 5. The van der Waals surface area contributed by atoms with Gasteiger partial charge in [0.2, 0.25) is 0 Å². The third-order valence-electron chi connectivity index (χ3n) is 5.98. The number of aromatic nitrogens is 4. The van der Waals surface area contributed by atoms with Crippen LogP contribution in [0, 0.1) is 12.7 Å². The monoisotopic (exact) mass is 504 g/mol. The van der Waals surface area contributed by atoms with E-state index >= 15 is 0 Å². The first kappa shape index (κ1) is 27.8. The van der Waals surface area contributed by atoms with Crippen LogP contribution in [-0.4, -0.2) is 44.6 Å². The molecular weight excluding hydrogens is 467 g/mol. The van der Waals surface area contributed by atoms with Crippen LogP contribution < -0.4 is 10.2 Å². The molecule has 0 unspecified atom stereocenters. The van der Waals surface area contributed by atoms with E-state index in [0.29, 0.717) is 5.69 Å². The van der Waals surface area contributed by atoms with Crippen LogP contribution in [0.2, 0.25) is 0 Å². The van der Waals surface area contributed by atoms with Gasteiger partial charge in [0.15, 0.2) is 5.65 Å². The molecule has 1 aromatic carbocycles. The van der Waals surface area contributed by atoms with Crippen molar-refractivity contribution in [3.63, 3.8) is 0 Å². The highest BCUT2D eigenvalue weighted by Crippen LogP contribution is 2.19. The van der Waals surface area contributed by atoms with Gasteiger partial charge in [-0.1, -0.05) is 51.5 Å². The van der Waals surface area contributed by atoms with Gasteiger partial charge in [0.05, 0.1) is 11.9 Å². The van der Waals surface area contributed by atoms with Crippen LogP contribution in [0.3, 0.4) is 0 Å². The van der Waals surface area contributed by atoms with Crippen LogP contribution in [0.25, 0.3) is 5.65 Å². The average Bonchev–Trinajstić information content (AvgIpc) is 3.56. The summed E-state index contributed by atoms with van der Waals surface area (Å²) in [6.07, 6.45) is 7.84. The molecule has 8 heteroatoms. The molecule has 1 atom stereocenters. The summed E-state index contributed by atoms with van der Waals surface area (Å²) in [4.78, 5) is 23.4. The minimum atomic E-state index is -0.178. The molecule has 1 aliphatic heterocycles. The second-order valence-electron chi connectivity index (χ2n) is 8.72. The number of rotatable bonds is 6. The van der Waals surface area contributed by atoms with E-state index < -0.39 is 0 Å². The lowest BCUT2D eigenvalue weighted by molar-refractivity contribution is 0.0935. The Kier molecular flexibility index (Phi) is 10.6. The molecule has 4 heterocycles. The number of pyridine rings is 1. The molecule has 1 saturated heterocycles. The number of carbonyl (C=O) groups is 1. The zero-order chi connectivity index (χ0) is 26.6. The fourth-order valence-corrected chi connectivity index (χ4v) is 3.99. The van der Waals surface area contributed by atoms with Crippen molar-refractivity contribution in [3.8, 4) is 0 Å². The molecule has 3 aromatic heterocycles. The average molecular weight is 505 g/mol. The van der Waals surface area contributed by atoms with Crippen molar-refractivity contribution in [2.24, 2.45) is 0 Å². The Balaban J connectivity index is 0.000000361. The summed E-state index contributed by atoms with van der Waals surface area (Å²) in [6, 6.07) is 15.8. The van der Waals surface area contributed by atoms with Crippen molar-refractivity contribution in [2.75, 3.05) is 18.0 Å². The number of hydrogen-bond acceptors (Lipinski definition) is 5. The predicted octanol–water partition coefficient (Wildman–Crippen LogP) is 5.64. The third kappa shape index (κ3) is 7.84. The van der Waals surface area contributed by atoms with Crippen LogP contribution in [0.15, 0.2) is 67.0 Å². The highest BCUT2D eigenvalue weighted by Gasteiger charge is 2.26. The third-order valence-corrected chi connectivity index (χ3v) is 5.98. The van der Waals surface area contributed by atoms with Gasteiger partial charge in [-0.3, -0.25) is 9.78 Å². The largest absolute Gasteiger partial charge is 0.353 e. The topological polar surface area (TPSA) is 75.4 Å². The first-order valence-corrected chi connectivity index (χ1v) is 13.1. The molecule has 1 amide bonds. The molecule has 0 radical (unpaired) electrons. The molecule has 0 spiro atoms. The Bertz CT molecular complexity index is 1240. The van der Waals surface area contributed by atoms with Crippen molar-refractivity contribution >= 4 is 17.4 Å². The summed E-state index contributed by atoms with van der Waals surface area (Å²) in [5.41, 5.74) is 3.52.